The van der Waals surface area contributed by atoms with Crippen LogP contribution in [0.25, 0.3) is 22.0 Å². The van der Waals surface area contributed by atoms with E-state index < -0.39 is 0 Å². The summed E-state index contributed by atoms with van der Waals surface area (Å²) in [6, 6.07) is 14.3. The zero-order chi connectivity index (χ0) is 23.7. The first-order valence-corrected chi connectivity index (χ1v) is 12.0. The first-order chi connectivity index (χ1) is 16.6. The van der Waals surface area contributed by atoms with Crippen LogP contribution >= 0.6 is 0 Å². The molecule has 1 amide bonds. The number of methoxy groups -OCH3 is 1. The normalized spacial score (nSPS) is 18.6. The van der Waals surface area contributed by atoms with Crippen molar-refractivity contribution >= 4 is 28.3 Å². The lowest BCUT2D eigenvalue weighted by molar-refractivity contribution is 0.0631. The lowest BCUT2D eigenvalue weighted by Gasteiger charge is -2.29. The van der Waals surface area contributed by atoms with Crippen LogP contribution in [-0.2, 0) is 9.47 Å². The largest absolute Gasteiger partial charge is 0.383 e. The number of pyridine rings is 1. The second-order valence-electron chi connectivity index (χ2n) is 9.12. The summed E-state index contributed by atoms with van der Waals surface area (Å²) in [4.78, 5) is 22.8. The number of rotatable bonds is 5. The van der Waals surface area contributed by atoms with Crippen LogP contribution in [0.15, 0.2) is 42.5 Å². The number of fused-ring (bicyclic) bond motifs is 1. The molecule has 2 saturated heterocycles. The van der Waals surface area contributed by atoms with E-state index in [9.17, 15) is 4.79 Å². The third kappa shape index (κ3) is 4.10. The monoisotopic (exact) mass is 460 g/mol. The number of anilines is 2. The van der Waals surface area contributed by atoms with Gasteiger partial charge in [-0.2, -0.15) is 0 Å². The fourth-order valence-corrected chi connectivity index (χ4v) is 5.29. The number of hydrogen-bond donors (Lipinski definition) is 1. The number of amides is 1. The maximum absolute atomic E-state index is 13.7. The van der Waals surface area contributed by atoms with Crippen molar-refractivity contribution in [1.82, 2.24) is 9.88 Å². The fraction of sp³-hybridized carbons (Fsp3) is 0.407. The number of morpholine rings is 1. The Bertz CT molecular complexity index is 1210. The van der Waals surface area contributed by atoms with Gasteiger partial charge in [0.1, 0.15) is 5.82 Å². The van der Waals surface area contributed by atoms with Crippen LogP contribution in [0.4, 0.5) is 11.5 Å². The quantitative estimate of drug-likeness (QED) is 0.622. The highest BCUT2D eigenvalue weighted by atomic mass is 16.5. The van der Waals surface area contributed by atoms with Crippen LogP contribution in [0.5, 0.6) is 0 Å². The minimum atomic E-state index is 0.0492. The Balaban J connectivity index is 1.60. The predicted molar refractivity (Wildman–Crippen MR) is 135 cm³/mol. The summed E-state index contributed by atoms with van der Waals surface area (Å²) < 4.78 is 10.9. The van der Waals surface area contributed by atoms with E-state index in [2.05, 4.69) is 17.0 Å². The molecule has 0 aliphatic carbocycles. The van der Waals surface area contributed by atoms with E-state index in [0.29, 0.717) is 31.2 Å². The van der Waals surface area contributed by atoms with E-state index in [1.165, 1.54) is 0 Å². The van der Waals surface area contributed by atoms with Gasteiger partial charge in [-0.1, -0.05) is 30.3 Å². The predicted octanol–water partition coefficient (Wildman–Crippen LogP) is 3.88. The highest BCUT2D eigenvalue weighted by Gasteiger charge is 2.31. The summed E-state index contributed by atoms with van der Waals surface area (Å²) in [5.74, 6) is 0.552. The Hall–Kier alpha value is -3.16. The summed E-state index contributed by atoms with van der Waals surface area (Å²) in [5.41, 5.74) is 11.8. The molecule has 2 fully saturated rings. The van der Waals surface area contributed by atoms with Crippen molar-refractivity contribution in [2.75, 3.05) is 57.2 Å². The van der Waals surface area contributed by atoms with Crippen LogP contribution in [0, 0.1) is 6.92 Å². The zero-order valence-corrected chi connectivity index (χ0v) is 19.9. The minimum absolute atomic E-state index is 0.0492. The molecule has 1 aromatic heterocycles. The molecule has 5 rings (SSSR count). The average molecular weight is 461 g/mol. The van der Waals surface area contributed by atoms with Crippen molar-refractivity contribution in [3.8, 4) is 11.1 Å². The molecule has 0 spiro atoms. The van der Waals surface area contributed by atoms with Crippen LogP contribution in [-0.4, -0.2) is 68.4 Å². The van der Waals surface area contributed by atoms with Crippen molar-refractivity contribution in [3.05, 3.63) is 53.6 Å². The smallest absolute Gasteiger partial charge is 0.254 e. The van der Waals surface area contributed by atoms with Crippen molar-refractivity contribution in [2.45, 2.75) is 25.8 Å². The number of nitrogens with zero attached hydrogens (tertiary/aromatic N) is 3. The molecular formula is C27H32N4O3. The number of hydrogen-bond acceptors (Lipinski definition) is 6. The summed E-state index contributed by atoms with van der Waals surface area (Å²) in [6.07, 6.45) is 1.97. The third-order valence-electron chi connectivity index (χ3n) is 6.98. The molecule has 7 nitrogen and oxygen atoms in total. The van der Waals surface area contributed by atoms with Crippen molar-refractivity contribution in [2.24, 2.45) is 0 Å². The maximum atomic E-state index is 13.7. The van der Waals surface area contributed by atoms with E-state index in [0.717, 1.165) is 65.8 Å². The number of aromatic nitrogens is 1. The molecule has 3 aromatic rings. The van der Waals surface area contributed by atoms with Gasteiger partial charge in [0.25, 0.3) is 5.91 Å². The van der Waals surface area contributed by atoms with E-state index >= 15 is 0 Å². The van der Waals surface area contributed by atoms with Gasteiger partial charge in [0, 0.05) is 43.3 Å². The Kier molecular flexibility index (Phi) is 6.39. The molecule has 1 unspecified atom stereocenters. The number of para-hydroxylation sites is 1. The Morgan fingerprint density at radius 3 is 2.76 bits per heavy atom. The first-order valence-electron chi connectivity index (χ1n) is 12.0. The van der Waals surface area contributed by atoms with E-state index in [4.69, 9.17) is 20.2 Å². The van der Waals surface area contributed by atoms with Crippen molar-refractivity contribution < 1.29 is 14.3 Å². The van der Waals surface area contributed by atoms with Gasteiger partial charge in [-0.25, -0.2) is 4.98 Å². The van der Waals surface area contributed by atoms with Gasteiger partial charge in [0.2, 0.25) is 0 Å². The summed E-state index contributed by atoms with van der Waals surface area (Å²) in [7, 11) is 1.69. The SMILES string of the molecule is COCC1CCCN1C(=O)c1cccc(C)c1-c1cccc2cc(N3CCOCC3)c(N)nc12. The number of carbonyl (C=O) groups excluding carboxylic acids is 1. The topological polar surface area (TPSA) is 80.9 Å². The summed E-state index contributed by atoms with van der Waals surface area (Å²) in [5, 5.41) is 1.01. The average Bonchev–Trinajstić information content (AvgIpc) is 3.32. The second-order valence-corrected chi connectivity index (χ2v) is 9.12. The zero-order valence-electron chi connectivity index (χ0n) is 19.9. The molecule has 1 atom stereocenters. The molecule has 0 radical (unpaired) electrons. The summed E-state index contributed by atoms with van der Waals surface area (Å²) >= 11 is 0. The van der Waals surface area contributed by atoms with Gasteiger partial charge in [-0.05, 0) is 43.0 Å². The van der Waals surface area contributed by atoms with E-state index in [1.54, 1.807) is 7.11 Å². The molecule has 2 aliphatic rings. The number of aryl methyl sites for hydroxylation is 1. The number of nitrogens with two attached hydrogens (primary N) is 1. The van der Waals surface area contributed by atoms with E-state index in [-0.39, 0.29) is 11.9 Å². The van der Waals surface area contributed by atoms with Gasteiger partial charge in [0.05, 0.1) is 37.1 Å². The molecule has 3 heterocycles. The molecule has 0 bridgehead atoms. The number of likely N-dealkylation sites (tertiary alicyclic amines) is 1. The van der Waals surface area contributed by atoms with Gasteiger partial charge >= 0.3 is 0 Å². The van der Waals surface area contributed by atoms with Crippen LogP contribution in [0.1, 0.15) is 28.8 Å². The van der Waals surface area contributed by atoms with E-state index in [1.807, 2.05) is 42.2 Å². The Morgan fingerprint density at radius 2 is 1.97 bits per heavy atom. The third-order valence-corrected chi connectivity index (χ3v) is 6.98. The molecule has 2 aliphatic heterocycles. The highest BCUT2D eigenvalue weighted by Crippen LogP contribution is 2.37. The standard InChI is InChI=1S/C27H32N4O3/c1-18-6-3-10-22(27(32)31-11-5-8-20(31)17-33-2)24(18)21-9-4-7-19-16-23(26(28)29-25(19)21)30-12-14-34-15-13-30/h3-4,6-7,9-10,16,20H,5,8,11-15,17H2,1-2H3,(H2,28,29). The van der Waals surface area contributed by atoms with Gasteiger partial charge in [-0.15, -0.1) is 0 Å². The second kappa shape index (κ2) is 9.60. The first kappa shape index (κ1) is 22.6. The lowest BCUT2D eigenvalue weighted by atomic mass is 9.92. The van der Waals surface area contributed by atoms with Gasteiger partial charge in [-0.3, -0.25) is 4.79 Å². The van der Waals surface area contributed by atoms with Crippen molar-refractivity contribution in [3.63, 3.8) is 0 Å². The Labute approximate surface area is 200 Å². The van der Waals surface area contributed by atoms with Gasteiger partial charge < -0.3 is 25.0 Å². The molecule has 7 heteroatoms. The number of benzene rings is 2. The van der Waals surface area contributed by atoms with Crippen LogP contribution in [0.2, 0.25) is 0 Å². The summed E-state index contributed by atoms with van der Waals surface area (Å²) in [6.45, 7) is 6.33. The Morgan fingerprint density at radius 1 is 1.18 bits per heavy atom. The minimum Gasteiger partial charge on any atom is -0.383 e. The lowest BCUT2D eigenvalue weighted by Crippen LogP contribution is -2.38. The van der Waals surface area contributed by atoms with Gasteiger partial charge in [0.15, 0.2) is 0 Å². The molecule has 34 heavy (non-hydrogen) atoms. The molecule has 2 aromatic carbocycles. The molecular weight excluding hydrogens is 428 g/mol. The number of ether oxygens (including phenoxy) is 2. The number of carbonyl (C=O) groups is 1. The molecule has 0 saturated carbocycles. The molecule has 178 valence electrons. The highest BCUT2D eigenvalue weighted by molar-refractivity contribution is 6.06. The maximum Gasteiger partial charge on any atom is 0.254 e. The molecule has 2 N–H and O–H groups in total. The van der Waals surface area contributed by atoms with Crippen LogP contribution < -0.4 is 10.6 Å². The fourth-order valence-electron chi connectivity index (χ4n) is 5.29. The van der Waals surface area contributed by atoms with Crippen molar-refractivity contribution in [1.29, 1.82) is 0 Å². The number of nitrogen functional groups attached to an aromatic ring is 1. The van der Waals surface area contributed by atoms with Crippen LogP contribution in [0.3, 0.4) is 0 Å².